The number of benzene rings is 3. The maximum absolute atomic E-state index is 13.0. The van der Waals surface area contributed by atoms with Crippen molar-refractivity contribution in [1.82, 2.24) is 0 Å². The van der Waals surface area contributed by atoms with Crippen LogP contribution >= 0.6 is 0 Å². The smallest absolute Gasteiger partial charge is 0.224 e. The van der Waals surface area contributed by atoms with Gasteiger partial charge in [-0.15, -0.1) is 0 Å². The minimum atomic E-state index is -0.317. The molecule has 3 rings (SSSR count). The van der Waals surface area contributed by atoms with Crippen molar-refractivity contribution in [2.24, 2.45) is 0 Å². The third kappa shape index (κ3) is 5.41. The maximum Gasteiger partial charge on any atom is 0.224 e. The lowest BCUT2D eigenvalue weighted by Gasteiger charge is -2.08. The number of nitrogens with zero attached hydrogens (tertiary/aromatic N) is 1. The van der Waals surface area contributed by atoms with E-state index >= 15 is 0 Å². The van der Waals surface area contributed by atoms with E-state index in [2.05, 4.69) is 5.32 Å². The van der Waals surface area contributed by atoms with Crippen molar-refractivity contribution in [1.29, 1.82) is 5.26 Å². The predicted molar refractivity (Wildman–Crippen MR) is 101 cm³/mol. The van der Waals surface area contributed by atoms with Gasteiger partial charge in [0.25, 0.3) is 0 Å². The first-order valence-electron chi connectivity index (χ1n) is 8.45. The van der Waals surface area contributed by atoms with Crippen LogP contribution in [0.4, 0.5) is 10.1 Å². The van der Waals surface area contributed by atoms with E-state index in [9.17, 15) is 9.18 Å². The normalized spacial score (nSPS) is 10.1. The first kappa shape index (κ1) is 18.2. The van der Waals surface area contributed by atoms with Crippen LogP contribution in [0.5, 0.6) is 11.5 Å². The Morgan fingerprint density at radius 3 is 2.56 bits per heavy atom. The number of carbonyl (C=O) groups excluding carboxylic acids is 1. The Morgan fingerprint density at radius 2 is 1.78 bits per heavy atom. The van der Waals surface area contributed by atoms with E-state index in [1.165, 1.54) is 12.1 Å². The predicted octanol–water partition coefficient (Wildman–Crippen LogP) is 5.06. The summed E-state index contributed by atoms with van der Waals surface area (Å²) >= 11 is 0. The molecule has 0 aliphatic carbocycles. The van der Waals surface area contributed by atoms with Gasteiger partial charge >= 0.3 is 0 Å². The van der Waals surface area contributed by atoms with E-state index in [4.69, 9.17) is 10.00 Å². The summed E-state index contributed by atoms with van der Waals surface area (Å²) in [4.78, 5) is 12.1. The molecule has 0 heterocycles. The molecule has 0 saturated heterocycles. The Bertz CT molecular complexity index is 978. The van der Waals surface area contributed by atoms with E-state index in [-0.39, 0.29) is 11.7 Å². The highest BCUT2D eigenvalue weighted by atomic mass is 19.1. The molecule has 0 saturated carbocycles. The first-order valence-corrected chi connectivity index (χ1v) is 8.45. The fraction of sp³-hybridized carbons (Fsp3) is 0.0909. The summed E-state index contributed by atoms with van der Waals surface area (Å²) in [5.41, 5.74) is 2.06. The highest BCUT2D eigenvalue weighted by molar-refractivity contribution is 5.91. The largest absolute Gasteiger partial charge is 0.457 e. The van der Waals surface area contributed by atoms with Crippen LogP contribution in [0.2, 0.25) is 0 Å². The van der Waals surface area contributed by atoms with Gasteiger partial charge in [-0.25, -0.2) is 4.39 Å². The van der Waals surface area contributed by atoms with Crippen molar-refractivity contribution in [3.8, 4) is 17.6 Å². The van der Waals surface area contributed by atoms with Crippen LogP contribution in [0.25, 0.3) is 0 Å². The summed E-state index contributed by atoms with van der Waals surface area (Å²) in [5.74, 6) is 0.724. The van der Waals surface area contributed by atoms with Gasteiger partial charge in [0.15, 0.2) is 0 Å². The van der Waals surface area contributed by atoms with Crippen molar-refractivity contribution >= 4 is 11.6 Å². The van der Waals surface area contributed by atoms with E-state index in [0.29, 0.717) is 35.6 Å². The fourth-order valence-electron chi connectivity index (χ4n) is 2.55. The van der Waals surface area contributed by atoms with Gasteiger partial charge in [-0.2, -0.15) is 5.26 Å². The number of halogens is 1. The first-order chi connectivity index (χ1) is 13.1. The van der Waals surface area contributed by atoms with Gasteiger partial charge in [-0.05, 0) is 66.6 Å². The third-order valence-electron chi connectivity index (χ3n) is 3.86. The van der Waals surface area contributed by atoms with Gasteiger partial charge < -0.3 is 10.1 Å². The van der Waals surface area contributed by atoms with E-state index < -0.39 is 0 Å². The Hall–Kier alpha value is -3.65. The summed E-state index contributed by atoms with van der Waals surface area (Å²) in [5, 5.41) is 11.7. The monoisotopic (exact) mass is 360 g/mol. The minimum Gasteiger partial charge on any atom is -0.457 e. The molecule has 0 aliphatic rings. The van der Waals surface area contributed by atoms with E-state index in [0.717, 1.165) is 5.56 Å². The molecular formula is C22H17FN2O2. The van der Waals surface area contributed by atoms with Crippen molar-refractivity contribution in [2.45, 2.75) is 12.8 Å². The van der Waals surface area contributed by atoms with Gasteiger partial charge in [-0.3, -0.25) is 4.79 Å². The number of nitriles is 1. The quantitative estimate of drug-likeness (QED) is 0.668. The lowest BCUT2D eigenvalue weighted by Crippen LogP contribution is -2.12. The van der Waals surface area contributed by atoms with Gasteiger partial charge in [0.05, 0.1) is 11.6 Å². The minimum absolute atomic E-state index is 0.130. The molecule has 3 aromatic rings. The SMILES string of the molecule is N#Cc1cccc(NC(=O)CCc2cccc(Oc3ccc(F)cc3)c2)c1. The summed E-state index contributed by atoms with van der Waals surface area (Å²) in [6, 6.07) is 22.1. The van der Waals surface area contributed by atoms with Crippen LogP contribution in [0, 0.1) is 17.1 Å². The summed E-state index contributed by atoms with van der Waals surface area (Å²) in [6.07, 6.45) is 0.848. The molecule has 0 fully saturated rings. The van der Waals surface area contributed by atoms with Crippen molar-refractivity contribution in [3.05, 3.63) is 89.7 Å². The Labute approximate surface area is 156 Å². The number of hydrogen-bond acceptors (Lipinski definition) is 3. The van der Waals surface area contributed by atoms with Crippen LogP contribution in [0.1, 0.15) is 17.5 Å². The number of anilines is 1. The van der Waals surface area contributed by atoms with Gasteiger partial charge in [0.2, 0.25) is 5.91 Å². The molecule has 0 radical (unpaired) electrons. The van der Waals surface area contributed by atoms with E-state index in [1.807, 2.05) is 24.3 Å². The molecule has 0 aliphatic heterocycles. The molecule has 5 heteroatoms. The second-order valence-electron chi connectivity index (χ2n) is 5.94. The maximum atomic E-state index is 13.0. The number of aryl methyl sites for hydroxylation is 1. The molecular weight excluding hydrogens is 343 g/mol. The van der Waals surface area contributed by atoms with E-state index in [1.54, 1.807) is 42.5 Å². The van der Waals surface area contributed by atoms with Crippen LogP contribution < -0.4 is 10.1 Å². The molecule has 0 atom stereocenters. The molecule has 27 heavy (non-hydrogen) atoms. The third-order valence-corrected chi connectivity index (χ3v) is 3.86. The number of amides is 1. The highest BCUT2D eigenvalue weighted by Crippen LogP contribution is 2.23. The number of nitrogens with one attached hydrogen (secondary N) is 1. The van der Waals surface area contributed by atoms with Gasteiger partial charge in [0.1, 0.15) is 17.3 Å². The van der Waals surface area contributed by atoms with Crippen molar-refractivity contribution in [2.75, 3.05) is 5.32 Å². The van der Waals surface area contributed by atoms with Crippen LogP contribution in [-0.2, 0) is 11.2 Å². The van der Waals surface area contributed by atoms with Crippen LogP contribution in [0.15, 0.2) is 72.8 Å². The fourth-order valence-corrected chi connectivity index (χ4v) is 2.55. The van der Waals surface area contributed by atoms with Crippen LogP contribution in [0.3, 0.4) is 0 Å². The number of rotatable bonds is 6. The van der Waals surface area contributed by atoms with Crippen molar-refractivity contribution in [3.63, 3.8) is 0 Å². The summed E-state index contributed by atoms with van der Waals surface area (Å²) in [7, 11) is 0. The highest BCUT2D eigenvalue weighted by Gasteiger charge is 2.05. The second-order valence-corrected chi connectivity index (χ2v) is 5.94. The zero-order valence-electron chi connectivity index (χ0n) is 14.5. The standard InChI is InChI=1S/C22H17FN2O2/c23-18-8-10-20(11-9-18)27-21-6-2-3-16(14-21)7-12-22(26)25-19-5-1-4-17(13-19)15-24/h1-6,8-11,13-14H,7,12H2,(H,25,26). The Kier molecular flexibility index (Phi) is 5.80. The molecule has 0 aromatic heterocycles. The lowest BCUT2D eigenvalue weighted by molar-refractivity contribution is -0.116. The molecule has 0 spiro atoms. The zero-order valence-corrected chi connectivity index (χ0v) is 14.5. The Balaban J connectivity index is 1.57. The molecule has 4 nitrogen and oxygen atoms in total. The summed E-state index contributed by atoms with van der Waals surface area (Å²) < 4.78 is 18.7. The summed E-state index contributed by atoms with van der Waals surface area (Å²) in [6.45, 7) is 0. The van der Waals surface area contributed by atoms with Gasteiger partial charge in [-0.1, -0.05) is 18.2 Å². The van der Waals surface area contributed by atoms with Crippen molar-refractivity contribution < 1.29 is 13.9 Å². The number of ether oxygens (including phenoxy) is 1. The number of carbonyl (C=O) groups is 1. The zero-order chi connectivity index (χ0) is 19.1. The lowest BCUT2D eigenvalue weighted by atomic mass is 10.1. The average molecular weight is 360 g/mol. The van der Waals surface area contributed by atoms with Gasteiger partial charge in [0, 0.05) is 12.1 Å². The molecule has 3 aromatic carbocycles. The van der Waals surface area contributed by atoms with Crippen LogP contribution in [-0.4, -0.2) is 5.91 Å². The topological polar surface area (TPSA) is 62.1 Å². The average Bonchev–Trinajstić information content (AvgIpc) is 2.69. The number of hydrogen-bond donors (Lipinski definition) is 1. The Morgan fingerprint density at radius 1 is 1.00 bits per heavy atom. The molecule has 1 N–H and O–H groups in total. The molecule has 1 amide bonds. The molecule has 0 bridgehead atoms. The molecule has 134 valence electrons. The second kappa shape index (κ2) is 8.63. The molecule has 0 unspecified atom stereocenters.